The van der Waals surface area contributed by atoms with E-state index in [1.54, 1.807) is 13.4 Å². The van der Waals surface area contributed by atoms with Crippen molar-refractivity contribution in [1.82, 2.24) is 9.55 Å². The highest BCUT2D eigenvalue weighted by molar-refractivity contribution is 5.40. The Morgan fingerprint density at radius 3 is 2.89 bits per heavy atom. The molecule has 1 aromatic heterocycles. The summed E-state index contributed by atoms with van der Waals surface area (Å²) in [6, 6.07) is 5.64. The minimum Gasteiger partial charge on any atom is -0.497 e. The highest BCUT2D eigenvalue weighted by Crippen LogP contribution is 2.24. The van der Waals surface area contributed by atoms with Crippen LogP contribution in [0.15, 0.2) is 30.7 Å². The van der Waals surface area contributed by atoms with E-state index in [0.717, 1.165) is 29.3 Å². The van der Waals surface area contributed by atoms with Gasteiger partial charge in [-0.05, 0) is 25.1 Å². The second kappa shape index (κ2) is 6.24. The SMILES string of the molecule is CCn1cncc1COc1ccc(OC)cc1CN. The van der Waals surface area contributed by atoms with E-state index in [1.165, 1.54) is 0 Å². The van der Waals surface area contributed by atoms with Crippen LogP contribution < -0.4 is 15.2 Å². The van der Waals surface area contributed by atoms with Crippen LogP contribution in [-0.2, 0) is 19.7 Å². The number of aryl methyl sites for hydroxylation is 1. The zero-order chi connectivity index (χ0) is 13.7. The number of methoxy groups -OCH3 is 1. The summed E-state index contributed by atoms with van der Waals surface area (Å²) < 4.78 is 13.0. The van der Waals surface area contributed by atoms with Gasteiger partial charge in [0.15, 0.2) is 0 Å². The van der Waals surface area contributed by atoms with Gasteiger partial charge in [-0.3, -0.25) is 0 Å². The van der Waals surface area contributed by atoms with Gasteiger partial charge >= 0.3 is 0 Å². The molecule has 19 heavy (non-hydrogen) atoms. The van der Waals surface area contributed by atoms with Gasteiger partial charge in [-0.2, -0.15) is 0 Å². The minimum atomic E-state index is 0.416. The zero-order valence-electron chi connectivity index (χ0n) is 11.3. The molecule has 102 valence electrons. The van der Waals surface area contributed by atoms with Gasteiger partial charge in [-0.1, -0.05) is 0 Å². The van der Waals surface area contributed by atoms with Gasteiger partial charge in [-0.25, -0.2) is 4.98 Å². The van der Waals surface area contributed by atoms with Crippen LogP contribution in [0.4, 0.5) is 0 Å². The third kappa shape index (κ3) is 3.06. The number of aromatic nitrogens is 2. The average Bonchev–Trinajstić information content (AvgIpc) is 2.92. The molecule has 1 aromatic carbocycles. The normalized spacial score (nSPS) is 10.5. The first kappa shape index (κ1) is 13.4. The van der Waals surface area contributed by atoms with Crippen molar-refractivity contribution < 1.29 is 9.47 Å². The lowest BCUT2D eigenvalue weighted by Gasteiger charge is -2.12. The first-order valence-electron chi connectivity index (χ1n) is 6.27. The maximum absolute atomic E-state index is 5.82. The number of nitrogens with zero attached hydrogens (tertiary/aromatic N) is 2. The predicted octanol–water partition coefficient (Wildman–Crippen LogP) is 1.95. The van der Waals surface area contributed by atoms with Crippen molar-refractivity contribution in [2.75, 3.05) is 7.11 Å². The Labute approximate surface area is 113 Å². The average molecular weight is 261 g/mol. The van der Waals surface area contributed by atoms with Crippen LogP contribution in [0.1, 0.15) is 18.2 Å². The molecular formula is C14H19N3O2. The first-order chi connectivity index (χ1) is 9.28. The lowest BCUT2D eigenvalue weighted by Crippen LogP contribution is -2.06. The second-order valence-corrected chi connectivity index (χ2v) is 4.14. The van der Waals surface area contributed by atoms with Crippen molar-refractivity contribution in [3.05, 3.63) is 42.0 Å². The molecule has 0 fully saturated rings. The smallest absolute Gasteiger partial charge is 0.130 e. The molecule has 0 aliphatic rings. The van der Waals surface area contributed by atoms with Crippen LogP contribution in [0.2, 0.25) is 0 Å². The molecule has 0 aliphatic carbocycles. The summed E-state index contributed by atoms with van der Waals surface area (Å²) in [4.78, 5) is 4.11. The molecule has 0 spiro atoms. The Balaban J connectivity index is 2.11. The molecule has 0 unspecified atom stereocenters. The van der Waals surface area contributed by atoms with E-state index < -0.39 is 0 Å². The molecule has 0 amide bonds. The topological polar surface area (TPSA) is 62.3 Å². The molecule has 0 saturated heterocycles. The molecule has 0 radical (unpaired) electrons. The van der Waals surface area contributed by atoms with Crippen molar-refractivity contribution >= 4 is 0 Å². The fourth-order valence-corrected chi connectivity index (χ4v) is 1.89. The Kier molecular flexibility index (Phi) is 4.41. The number of rotatable bonds is 6. The van der Waals surface area contributed by atoms with Crippen LogP contribution in [0.25, 0.3) is 0 Å². The van der Waals surface area contributed by atoms with Crippen LogP contribution in [0.3, 0.4) is 0 Å². The highest BCUT2D eigenvalue weighted by Gasteiger charge is 2.06. The second-order valence-electron chi connectivity index (χ2n) is 4.14. The van der Waals surface area contributed by atoms with Gasteiger partial charge in [0.1, 0.15) is 18.1 Å². The molecule has 0 bridgehead atoms. The quantitative estimate of drug-likeness (QED) is 0.863. The summed E-state index contributed by atoms with van der Waals surface area (Å²) in [6.45, 7) is 3.85. The molecular weight excluding hydrogens is 242 g/mol. The van der Waals surface area contributed by atoms with E-state index in [2.05, 4.69) is 11.9 Å². The van der Waals surface area contributed by atoms with Gasteiger partial charge in [-0.15, -0.1) is 0 Å². The maximum atomic E-state index is 5.82. The van der Waals surface area contributed by atoms with E-state index in [-0.39, 0.29) is 0 Å². The van der Waals surface area contributed by atoms with Crippen LogP contribution >= 0.6 is 0 Å². The summed E-state index contributed by atoms with van der Waals surface area (Å²) in [6.07, 6.45) is 3.62. The molecule has 0 aliphatic heterocycles. The van der Waals surface area contributed by atoms with Crippen molar-refractivity contribution in [2.24, 2.45) is 5.73 Å². The van der Waals surface area contributed by atoms with Crippen LogP contribution in [-0.4, -0.2) is 16.7 Å². The number of benzene rings is 1. The summed E-state index contributed by atoms with van der Waals surface area (Å²) >= 11 is 0. The third-order valence-corrected chi connectivity index (χ3v) is 3.00. The van der Waals surface area contributed by atoms with E-state index in [4.69, 9.17) is 15.2 Å². The van der Waals surface area contributed by atoms with Gasteiger partial charge < -0.3 is 19.8 Å². The van der Waals surface area contributed by atoms with E-state index >= 15 is 0 Å². The number of hydrogen-bond donors (Lipinski definition) is 1. The zero-order valence-corrected chi connectivity index (χ0v) is 11.3. The van der Waals surface area contributed by atoms with E-state index in [1.807, 2.05) is 29.0 Å². The molecule has 2 aromatic rings. The predicted molar refractivity (Wildman–Crippen MR) is 73.1 cm³/mol. The van der Waals surface area contributed by atoms with Gasteiger partial charge in [0, 0.05) is 18.7 Å². The fourth-order valence-electron chi connectivity index (χ4n) is 1.89. The minimum absolute atomic E-state index is 0.416. The first-order valence-corrected chi connectivity index (χ1v) is 6.27. The summed E-state index contributed by atoms with van der Waals surface area (Å²) in [5, 5.41) is 0. The van der Waals surface area contributed by atoms with Gasteiger partial charge in [0.25, 0.3) is 0 Å². The van der Waals surface area contributed by atoms with Gasteiger partial charge in [0.05, 0.1) is 25.3 Å². The van der Waals surface area contributed by atoms with Crippen LogP contribution in [0.5, 0.6) is 11.5 Å². The maximum Gasteiger partial charge on any atom is 0.130 e. The molecule has 5 heteroatoms. The standard InChI is InChI=1S/C14H19N3O2/c1-3-17-10-16-8-12(17)9-19-14-5-4-13(18-2)6-11(14)7-15/h4-6,8,10H,3,7,9,15H2,1-2H3. The van der Waals surface area contributed by atoms with Gasteiger partial charge in [0.2, 0.25) is 0 Å². The number of hydrogen-bond acceptors (Lipinski definition) is 4. The Morgan fingerprint density at radius 1 is 1.37 bits per heavy atom. The summed E-state index contributed by atoms with van der Waals surface area (Å²) in [7, 11) is 1.63. The highest BCUT2D eigenvalue weighted by atomic mass is 16.5. The third-order valence-electron chi connectivity index (χ3n) is 3.00. The number of ether oxygens (including phenoxy) is 2. The summed E-state index contributed by atoms with van der Waals surface area (Å²) in [5.74, 6) is 1.57. The summed E-state index contributed by atoms with van der Waals surface area (Å²) in [5.41, 5.74) is 7.70. The molecule has 2 N–H and O–H groups in total. The monoisotopic (exact) mass is 261 g/mol. The lowest BCUT2D eigenvalue weighted by atomic mass is 10.2. The van der Waals surface area contributed by atoms with Crippen molar-refractivity contribution in [3.8, 4) is 11.5 Å². The van der Waals surface area contributed by atoms with Crippen LogP contribution in [0, 0.1) is 0 Å². The Morgan fingerprint density at radius 2 is 2.21 bits per heavy atom. The fraction of sp³-hybridized carbons (Fsp3) is 0.357. The number of nitrogens with two attached hydrogens (primary N) is 1. The van der Waals surface area contributed by atoms with Crippen molar-refractivity contribution in [2.45, 2.75) is 26.6 Å². The lowest BCUT2D eigenvalue weighted by molar-refractivity contribution is 0.291. The number of imidazole rings is 1. The molecule has 2 rings (SSSR count). The molecule has 5 nitrogen and oxygen atoms in total. The van der Waals surface area contributed by atoms with Crippen molar-refractivity contribution in [1.29, 1.82) is 0 Å². The van der Waals surface area contributed by atoms with Crippen molar-refractivity contribution in [3.63, 3.8) is 0 Å². The van der Waals surface area contributed by atoms with E-state index in [9.17, 15) is 0 Å². The molecule has 1 heterocycles. The Hall–Kier alpha value is -2.01. The molecule has 0 saturated carbocycles. The molecule has 0 atom stereocenters. The largest absolute Gasteiger partial charge is 0.497 e. The Bertz CT molecular complexity index is 537. The van der Waals surface area contributed by atoms with E-state index in [0.29, 0.717) is 13.2 Å².